The summed E-state index contributed by atoms with van der Waals surface area (Å²) in [4.78, 5) is 15.0. The second-order valence-electron chi connectivity index (χ2n) is 10.4. The van der Waals surface area contributed by atoms with Gasteiger partial charge in [-0.1, -0.05) is 81.4 Å². The highest BCUT2D eigenvalue weighted by Gasteiger charge is 2.51. The van der Waals surface area contributed by atoms with Gasteiger partial charge in [0.15, 0.2) is 0 Å². The summed E-state index contributed by atoms with van der Waals surface area (Å²) in [6, 6.07) is 21.0. The SMILES string of the molecule is CC(C)(C)OC(=O)C1CCCN1CO[Si](c1ccccc1)(c1ccccc1)C(C)(C)C. The molecule has 3 rings (SSSR count). The molecular weight excluding hydrogens is 402 g/mol. The maximum absolute atomic E-state index is 12.8. The van der Waals surface area contributed by atoms with Crippen molar-refractivity contribution in [2.45, 2.75) is 71.1 Å². The molecule has 0 amide bonds. The molecule has 1 aliphatic heterocycles. The predicted octanol–water partition coefficient (Wildman–Crippen LogP) is 4.33. The van der Waals surface area contributed by atoms with Crippen molar-refractivity contribution in [3.8, 4) is 0 Å². The number of hydrogen-bond donors (Lipinski definition) is 0. The van der Waals surface area contributed by atoms with E-state index in [9.17, 15) is 4.79 Å². The number of esters is 1. The molecule has 1 fully saturated rings. The van der Waals surface area contributed by atoms with Gasteiger partial charge >= 0.3 is 5.97 Å². The second kappa shape index (κ2) is 9.27. The van der Waals surface area contributed by atoms with Crippen LogP contribution in [0.5, 0.6) is 0 Å². The Morgan fingerprint density at radius 3 is 1.90 bits per heavy atom. The fraction of sp³-hybridized carbons (Fsp3) is 0.500. The minimum absolute atomic E-state index is 0.0865. The van der Waals surface area contributed by atoms with Crippen molar-refractivity contribution in [2.24, 2.45) is 0 Å². The van der Waals surface area contributed by atoms with Crippen LogP contribution in [0.4, 0.5) is 0 Å². The van der Waals surface area contributed by atoms with Crippen LogP contribution < -0.4 is 10.4 Å². The Hall–Kier alpha value is -1.95. The van der Waals surface area contributed by atoms with Crippen molar-refractivity contribution < 1.29 is 14.0 Å². The van der Waals surface area contributed by atoms with Gasteiger partial charge in [0.1, 0.15) is 11.6 Å². The standard InChI is InChI=1S/C26H37NO3Si/c1-25(2,3)30-24(28)23-18-13-19-27(23)20-29-31(26(4,5)6,21-14-9-7-10-15-21)22-16-11-8-12-17-22/h7-12,14-17,23H,13,18-20H2,1-6H3. The van der Waals surface area contributed by atoms with Crippen molar-refractivity contribution in [1.82, 2.24) is 4.90 Å². The van der Waals surface area contributed by atoms with Gasteiger partial charge in [-0.2, -0.15) is 0 Å². The molecule has 0 radical (unpaired) electrons. The van der Waals surface area contributed by atoms with E-state index >= 15 is 0 Å². The van der Waals surface area contributed by atoms with Gasteiger partial charge in [0.2, 0.25) is 0 Å². The summed E-state index contributed by atoms with van der Waals surface area (Å²) in [6.45, 7) is 13.9. The molecule has 4 nitrogen and oxygen atoms in total. The van der Waals surface area contributed by atoms with E-state index in [2.05, 4.69) is 86.3 Å². The number of nitrogens with zero attached hydrogens (tertiary/aromatic N) is 1. The van der Waals surface area contributed by atoms with Crippen LogP contribution in [0.3, 0.4) is 0 Å². The zero-order valence-electron chi connectivity index (χ0n) is 19.9. The molecule has 0 bridgehead atoms. The van der Waals surface area contributed by atoms with Gasteiger partial charge < -0.3 is 9.16 Å². The third-order valence-electron chi connectivity index (χ3n) is 5.91. The lowest BCUT2D eigenvalue weighted by Crippen LogP contribution is -2.67. The largest absolute Gasteiger partial charge is 0.459 e. The van der Waals surface area contributed by atoms with Gasteiger partial charge in [0.05, 0.1) is 6.73 Å². The van der Waals surface area contributed by atoms with Crippen molar-refractivity contribution in [2.75, 3.05) is 13.3 Å². The lowest BCUT2D eigenvalue weighted by atomic mass is 10.1. The molecule has 0 aromatic heterocycles. The maximum atomic E-state index is 12.8. The molecule has 0 aliphatic carbocycles. The molecule has 1 heterocycles. The van der Waals surface area contributed by atoms with E-state index in [1.54, 1.807) is 0 Å². The summed E-state index contributed by atoms with van der Waals surface area (Å²) in [5.41, 5.74) is -0.482. The van der Waals surface area contributed by atoms with E-state index < -0.39 is 13.9 Å². The smallest absolute Gasteiger partial charge is 0.323 e. The van der Waals surface area contributed by atoms with Crippen molar-refractivity contribution in [3.05, 3.63) is 60.7 Å². The summed E-state index contributed by atoms with van der Waals surface area (Å²) in [5, 5.41) is 2.42. The van der Waals surface area contributed by atoms with Gasteiger partial charge in [-0.3, -0.25) is 9.69 Å². The molecule has 2 aromatic carbocycles. The predicted molar refractivity (Wildman–Crippen MR) is 129 cm³/mol. The minimum atomic E-state index is -2.62. The highest BCUT2D eigenvalue weighted by atomic mass is 28.4. The van der Waals surface area contributed by atoms with Crippen LogP contribution in [-0.4, -0.2) is 44.1 Å². The van der Waals surface area contributed by atoms with Crippen LogP contribution in [0.1, 0.15) is 54.4 Å². The lowest BCUT2D eigenvalue weighted by Gasteiger charge is -2.44. The monoisotopic (exact) mass is 439 g/mol. The third-order valence-corrected chi connectivity index (χ3v) is 10.9. The maximum Gasteiger partial charge on any atom is 0.323 e. The topological polar surface area (TPSA) is 38.8 Å². The molecule has 0 N–H and O–H groups in total. The Bertz CT molecular complexity index is 816. The molecule has 1 unspecified atom stereocenters. The van der Waals surface area contributed by atoms with Crippen molar-refractivity contribution in [3.63, 3.8) is 0 Å². The molecule has 0 saturated carbocycles. The quantitative estimate of drug-likeness (QED) is 0.496. The molecule has 1 saturated heterocycles. The average molecular weight is 440 g/mol. The summed E-state index contributed by atoms with van der Waals surface area (Å²) >= 11 is 0. The fourth-order valence-corrected chi connectivity index (χ4v) is 9.07. The Labute approximate surface area is 188 Å². The van der Waals surface area contributed by atoms with Crippen LogP contribution in [0.2, 0.25) is 5.04 Å². The lowest BCUT2D eigenvalue weighted by molar-refractivity contribution is -0.161. The van der Waals surface area contributed by atoms with Gasteiger partial charge in [0, 0.05) is 6.54 Å². The molecule has 31 heavy (non-hydrogen) atoms. The number of likely N-dealkylation sites (tertiary alicyclic amines) is 1. The number of ether oxygens (including phenoxy) is 1. The van der Waals surface area contributed by atoms with Crippen LogP contribution in [0, 0.1) is 0 Å². The Morgan fingerprint density at radius 2 is 1.45 bits per heavy atom. The van der Waals surface area contributed by atoms with Gasteiger partial charge in [0.25, 0.3) is 8.32 Å². The molecule has 5 heteroatoms. The number of carbonyl (C=O) groups excluding carboxylic acids is 1. The third kappa shape index (κ3) is 5.28. The van der Waals surface area contributed by atoms with E-state index in [1.165, 1.54) is 10.4 Å². The van der Waals surface area contributed by atoms with E-state index in [4.69, 9.17) is 9.16 Å². The van der Waals surface area contributed by atoms with Crippen LogP contribution in [-0.2, 0) is 14.0 Å². The molecule has 0 spiro atoms. The van der Waals surface area contributed by atoms with Gasteiger partial charge in [-0.15, -0.1) is 0 Å². The van der Waals surface area contributed by atoms with E-state index in [1.807, 2.05) is 20.8 Å². The zero-order chi connectivity index (χ0) is 22.7. The first-order chi connectivity index (χ1) is 14.5. The first kappa shape index (κ1) is 23.7. The molecule has 168 valence electrons. The summed E-state index contributed by atoms with van der Waals surface area (Å²) in [6.07, 6.45) is 1.80. The van der Waals surface area contributed by atoms with Crippen LogP contribution >= 0.6 is 0 Å². The first-order valence-corrected chi connectivity index (χ1v) is 13.2. The van der Waals surface area contributed by atoms with E-state index in [0.29, 0.717) is 6.73 Å². The minimum Gasteiger partial charge on any atom is -0.459 e. The van der Waals surface area contributed by atoms with Crippen molar-refractivity contribution >= 4 is 24.7 Å². The first-order valence-electron chi connectivity index (χ1n) is 11.3. The highest BCUT2D eigenvalue weighted by Crippen LogP contribution is 2.37. The summed E-state index contributed by atoms with van der Waals surface area (Å²) in [5.74, 6) is -0.143. The van der Waals surface area contributed by atoms with Gasteiger partial charge in [-0.25, -0.2) is 0 Å². The van der Waals surface area contributed by atoms with Crippen LogP contribution in [0.15, 0.2) is 60.7 Å². The molecular formula is C26H37NO3Si. The van der Waals surface area contributed by atoms with E-state index in [-0.39, 0.29) is 17.0 Å². The zero-order valence-corrected chi connectivity index (χ0v) is 20.9. The highest BCUT2D eigenvalue weighted by molar-refractivity contribution is 6.99. The van der Waals surface area contributed by atoms with E-state index in [0.717, 1.165) is 19.4 Å². The summed E-state index contributed by atoms with van der Waals surface area (Å²) < 4.78 is 12.7. The fourth-order valence-electron chi connectivity index (χ4n) is 4.56. The number of benzene rings is 2. The molecule has 1 atom stereocenters. The number of rotatable bonds is 6. The number of hydrogen-bond acceptors (Lipinski definition) is 4. The Balaban J connectivity index is 1.94. The van der Waals surface area contributed by atoms with Crippen molar-refractivity contribution in [1.29, 1.82) is 0 Å². The Morgan fingerprint density at radius 1 is 0.935 bits per heavy atom. The van der Waals surface area contributed by atoms with Gasteiger partial charge in [-0.05, 0) is 49.0 Å². The second-order valence-corrected chi connectivity index (χ2v) is 14.7. The molecule has 2 aromatic rings. The average Bonchev–Trinajstić information content (AvgIpc) is 3.17. The van der Waals surface area contributed by atoms with Crippen LogP contribution in [0.25, 0.3) is 0 Å². The summed E-state index contributed by atoms with van der Waals surface area (Å²) in [7, 11) is -2.62. The molecule has 1 aliphatic rings. The number of carbonyl (C=O) groups is 1. The Kier molecular flexibility index (Phi) is 7.09. The normalized spacial score (nSPS) is 18.2.